The fraction of sp³-hybridized carbons (Fsp3) is 0.100. The Balaban J connectivity index is 1.54. The van der Waals surface area contributed by atoms with Crippen molar-refractivity contribution in [1.82, 2.24) is 0 Å². The molecule has 0 bridgehead atoms. The Morgan fingerprint density at radius 3 is 2.28 bits per heavy atom. The summed E-state index contributed by atoms with van der Waals surface area (Å²) in [5.74, 6) is 0.518. The van der Waals surface area contributed by atoms with E-state index in [1.54, 1.807) is 24.3 Å². The van der Waals surface area contributed by atoms with E-state index in [4.69, 9.17) is 27.9 Å². The third-order valence-electron chi connectivity index (χ3n) is 3.67. The van der Waals surface area contributed by atoms with Crippen LogP contribution in [0.4, 0.5) is 10.1 Å². The highest BCUT2D eigenvalue weighted by atomic mass is 35.5. The molecule has 3 aromatic carbocycles. The van der Waals surface area contributed by atoms with Gasteiger partial charge in [-0.15, -0.1) is 0 Å². The number of nitrogens with one attached hydrogen (secondary N) is 1. The van der Waals surface area contributed by atoms with Crippen molar-refractivity contribution in [2.75, 3.05) is 5.32 Å². The minimum absolute atomic E-state index is 0.243. The monoisotopic (exact) mass is 375 g/mol. The van der Waals surface area contributed by atoms with Crippen molar-refractivity contribution in [3.63, 3.8) is 0 Å². The molecule has 2 nitrogen and oxygen atoms in total. The average molecular weight is 376 g/mol. The highest BCUT2D eigenvalue weighted by Crippen LogP contribution is 2.23. The van der Waals surface area contributed by atoms with Crippen LogP contribution in [0, 0.1) is 5.82 Å². The molecule has 0 heterocycles. The molecule has 0 radical (unpaired) electrons. The predicted octanol–water partition coefficient (Wildman–Crippen LogP) is 6.32. The van der Waals surface area contributed by atoms with Gasteiger partial charge in [-0.3, -0.25) is 0 Å². The maximum atomic E-state index is 12.9. The fourth-order valence-electron chi connectivity index (χ4n) is 2.28. The van der Waals surface area contributed by atoms with Gasteiger partial charge in [-0.1, -0.05) is 41.4 Å². The molecule has 0 saturated carbocycles. The van der Waals surface area contributed by atoms with Crippen molar-refractivity contribution < 1.29 is 9.13 Å². The topological polar surface area (TPSA) is 21.3 Å². The van der Waals surface area contributed by atoms with Crippen molar-refractivity contribution in [2.24, 2.45) is 0 Å². The Morgan fingerprint density at radius 1 is 0.880 bits per heavy atom. The largest absolute Gasteiger partial charge is 0.489 e. The van der Waals surface area contributed by atoms with Gasteiger partial charge in [0.2, 0.25) is 0 Å². The maximum absolute atomic E-state index is 12.9. The van der Waals surface area contributed by atoms with E-state index in [0.29, 0.717) is 23.2 Å². The lowest BCUT2D eigenvalue weighted by Gasteiger charge is -2.10. The summed E-state index contributed by atoms with van der Waals surface area (Å²) in [5.41, 5.74) is 2.86. The van der Waals surface area contributed by atoms with Crippen LogP contribution in [0.15, 0.2) is 66.7 Å². The van der Waals surface area contributed by atoms with Gasteiger partial charge in [-0.05, 0) is 54.1 Å². The van der Waals surface area contributed by atoms with Crippen LogP contribution >= 0.6 is 23.2 Å². The Kier molecular flexibility index (Phi) is 5.79. The Hall–Kier alpha value is -2.23. The van der Waals surface area contributed by atoms with Gasteiger partial charge >= 0.3 is 0 Å². The lowest BCUT2D eigenvalue weighted by Crippen LogP contribution is -2.00. The van der Waals surface area contributed by atoms with Gasteiger partial charge in [0.15, 0.2) is 0 Å². The van der Waals surface area contributed by atoms with E-state index in [9.17, 15) is 4.39 Å². The van der Waals surface area contributed by atoms with Crippen LogP contribution in [0.1, 0.15) is 11.1 Å². The molecule has 128 valence electrons. The zero-order valence-electron chi connectivity index (χ0n) is 13.3. The summed E-state index contributed by atoms with van der Waals surface area (Å²) in [6.45, 7) is 1.03. The number of hydrogen-bond acceptors (Lipinski definition) is 2. The Bertz CT molecular complexity index is 835. The first kappa shape index (κ1) is 17.6. The number of benzene rings is 3. The molecule has 0 saturated heterocycles. The van der Waals surface area contributed by atoms with Gasteiger partial charge in [-0.2, -0.15) is 0 Å². The molecule has 0 unspecified atom stereocenters. The number of anilines is 1. The van der Waals surface area contributed by atoms with Crippen LogP contribution in [-0.2, 0) is 13.2 Å². The van der Waals surface area contributed by atoms with E-state index < -0.39 is 0 Å². The highest BCUT2D eigenvalue weighted by Gasteiger charge is 2.03. The number of halogens is 3. The van der Waals surface area contributed by atoms with Gasteiger partial charge < -0.3 is 10.1 Å². The van der Waals surface area contributed by atoms with Crippen LogP contribution in [0.3, 0.4) is 0 Å². The van der Waals surface area contributed by atoms with Crippen LogP contribution in [-0.4, -0.2) is 0 Å². The van der Waals surface area contributed by atoms with Gasteiger partial charge in [0.25, 0.3) is 0 Å². The van der Waals surface area contributed by atoms with Crippen molar-refractivity contribution in [1.29, 1.82) is 0 Å². The highest BCUT2D eigenvalue weighted by molar-refractivity contribution is 6.35. The summed E-state index contributed by atoms with van der Waals surface area (Å²) in [4.78, 5) is 0. The fourth-order valence-corrected chi connectivity index (χ4v) is 2.74. The molecule has 0 amide bonds. The van der Waals surface area contributed by atoms with Crippen LogP contribution in [0.5, 0.6) is 5.75 Å². The lowest BCUT2D eigenvalue weighted by atomic mass is 10.2. The second kappa shape index (κ2) is 8.24. The van der Waals surface area contributed by atoms with Gasteiger partial charge in [0, 0.05) is 27.8 Å². The summed E-state index contributed by atoms with van der Waals surface area (Å²) in [5, 5.41) is 4.43. The molecule has 0 atom stereocenters. The minimum Gasteiger partial charge on any atom is -0.489 e. The third kappa shape index (κ3) is 5.12. The van der Waals surface area contributed by atoms with Gasteiger partial charge in [0.05, 0.1) is 0 Å². The lowest BCUT2D eigenvalue weighted by molar-refractivity contribution is 0.306. The molecule has 3 aromatic rings. The van der Waals surface area contributed by atoms with Crippen molar-refractivity contribution >= 4 is 28.9 Å². The van der Waals surface area contributed by atoms with Gasteiger partial charge in [0.1, 0.15) is 18.2 Å². The molecule has 0 aromatic heterocycles. The average Bonchev–Trinajstić information content (AvgIpc) is 2.61. The second-order valence-corrected chi connectivity index (χ2v) is 6.37. The number of ether oxygens (including phenoxy) is 1. The molecule has 1 N–H and O–H groups in total. The molecular formula is C20H16Cl2FNO. The summed E-state index contributed by atoms with van der Waals surface area (Å²) in [6.07, 6.45) is 0. The zero-order valence-corrected chi connectivity index (χ0v) is 14.8. The number of rotatable bonds is 6. The van der Waals surface area contributed by atoms with Crippen molar-refractivity contribution in [3.8, 4) is 5.75 Å². The molecule has 0 aliphatic rings. The van der Waals surface area contributed by atoms with E-state index in [0.717, 1.165) is 22.6 Å². The SMILES string of the molecule is Fc1ccc(NCc2ccc(OCc3ccc(Cl)cc3Cl)cc2)cc1. The van der Waals surface area contributed by atoms with Crippen LogP contribution in [0.2, 0.25) is 10.0 Å². The summed E-state index contributed by atoms with van der Waals surface area (Å²) in [6, 6.07) is 19.4. The van der Waals surface area contributed by atoms with E-state index in [1.165, 1.54) is 12.1 Å². The molecule has 5 heteroatoms. The van der Waals surface area contributed by atoms with E-state index in [-0.39, 0.29) is 5.82 Å². The molecule has 3 rings (SSSR count). The van der Waals surface area contributed by atoms with Crippen LogP contribution < -0.4 is 10.1 Å². The first-order chi connectivity index (χ1) is 12.1. The Labute approximate surface area is 156 Å². The predicted molar refractivity (Wildman–Crippen MR) is 101 cm³/mol. The molecule has 0 fully saturated rings. The Morgan fingerprint density at radius 2 is 1.60 bits per heavy atom. The molecule has 25 heavy (non-hydrogen) atoms. The molecule has 0 aliphatic heterocycles. The maximum Gasteiger partial charge on any atom is 0.123 e. The summed E-state index contributed by atoms with van der Waals surface area (Å²) < 4.78 is 18.6. The zero-order chi connectivity index (χ0) is 17.6. The van der Waals surface area contributed by atoms with Crippen molar-refractivity contribution in [2.45, 2.75) is 13.2 Å². The standard InChI is InChI=1S/C20H16Cl2FNO/c21-16-4-3-15(20(22)11-16)13-25-19-9-1-14(2-10-19)12-24-18-7-5-17(23)6-8-18/h1-11,24H,12-13H2. The first-order valence-corrected chi connectivity index (χ1v) is 8.51. The third-order valence-corrected chi connectivity index (χ3v) is 4.26. The smallest absolute Gasteiger partial charge is 0.123 e. The van der Waals surface area contributed by atoms with E-state index >= 15 is 0 Å². The summed E-state index contributed by atoms with van der Waals surface area (Å²) >= 11 is 12.0. The van der Waals surface area contributed by atoms with Crippen LogP contribution in [0.25, 0.3) is 0 Å². The molecular weight excluding hydrogens is 360 g/mol. The minimum atomic E-state index is -0.243. The quantitative estimate of drug-likeness (QED) is 0.543. The number of hydrogen-bond donors (Lipinski definition) is 1. The molecule has 0 aliphatic carbocycles. The van der Waals surface area contributed by atoms with Gasteiger partial charge in [-0.25, -0.2) is 4.39 Å². The normalized spacial score (nSPS) is 10.5. The van der Waals surface area contributed by atoms with E-state index in [1.807, 2.05) is 30.3 Å². The summed E-state index contributed by atoms with van der Waals surface area (Å²) in [7, 11) is 0. The molecule has 0 spiro atoms. The van der Waals surface area contributed by atoms with Crippen molar-refractivity contribution in [3.05, 3.63) is 93.7 Å². The second-order valence-electron chi connectivity index (χ2n) is 5.53. The van der Waals surface area contributed by atoms with E-state index in [2.05, 4.69) is 5.32 Å². The first-order valence-electron chi connectivity index (χ1n) is 7.75.